The van der Waals surface area contributed by atoms with E-state index in [1.54, 1.807) is 0 Å². The van der Waals surface area contributed by atoms with Crippen LogP contribution in [-0.4, -0.2) is 27.1 Å². The molecule has 0 saturated heterocycles. The molecular weight excluding hydrogens is 267 g/mol. The van der Waals surface area contributed by atoms with E-state index in [2.05, 4.69) is 10.3 Å². The molecule has 0 aliphatic heterocycles. The molecule has 0 aliphatic carbocycles. The molecule has 0 fully saturated rings. The molecule has 0 unspecified atom stereocenters. The number of aromatic hydroxyl groups is 1. The van der Waals surface area contributed by atoms with Gasteiger partial charge >= 0.3 is 5.97 Å². The van der Waals surface area contributed by atoms with Crippen LogP contribution in [0.1, 0.15) is 20.8 Å². The Hall–Kier alpha value is -2.96. The number of carboxylic acids is 1. The maximum absolute atomic E-state index is 13.0. The van der Waals surface area contributed by atoms with Crippen LogP contribution in [0.4, 0.5) is 10.1 Å². The van der Waals surface area contributed by atoms with Crippen molar-refractivity contribution in [3.8, 4) is 5.75 Å². The van der Waals surface area contributed by atoms with E-state index in [1.165, 1.54) is 18.3 Å². The van der Waals surface area contributed by atoms with E-state index >= 15 is 0 Å². The Bertz CT molecular complexity index is 688. The molecule has 0 spiro atoms. The molecule has 1 aromatic carbocycles. The number of carbonyl (C=O) groups is 2. The van der Waals surface area contributed by atoms with Crippen molar-refractivity contribution in [1.29, 1.82) is 0 Å². The molecular formula is C13H9FN2O4. The van der Waals surface area contributed by atoms with E-state index in [9.17, 15) is 19.1 Å². The Balaban J connectivity index is 2.33. The fraction of sp³-hybridized carbons (Fsp3) is 0. The van der Waals surface area contributed by atoms with Crippen molar-refractivity contribution in [2.45, 2.75) is 0 Å². The zero-order valence-corrected chi connectivity index (χ0v) is 10.0. The molecule has 2 rings (SSSR count). The van der Waals surface area contributed by atoms with E-state index in [-0.39, 0.29) is 17.1 Å². The Morgan fingerprint density at radius 3 is 2.65 bits per heavy atom. The Morgan fingerprint density at radius 1 is 1.25 bits per heavy atom. The summed E-state index contributed by atoms with van der Waals surface area (Å²) in [5, 5.41) is 20.7. The Kier molecular flexibility index (Phi) is 3.60. The average Bonchev–Trinajstić information content (AvgIpc) is 2.41. The highest BCUT2D eigenvalue weighted by Gasteiger charge is 2.17. The number of anilines is 1. The molecule has 1 aromatic heterocycles. The normalized spacial score (nSPS) is 10.1. The number of amides is 1. The molecule has 0 atom stereocenters. The van der Waals surface area contributed by atoms with Crippen molar-refractivity contribution >= 4 is 17.6 Å². The number of rotatable bonds is 3. The number of pyridine rings is 1. The van der Waals surface area contributed by atoms with Gasteiger partial charge in [-0.15, -0.1) is 0 Å². The van der Waals surface area contributed by atoms with E-state index < -0.39 is 23.3 Å². The second kappa shape index (κ2) is 5.35. The van der Waals surface area contributed by atoms with Gasteiger partial charge in [0.05, 0.1) is 11.3 Å². The van der Waals surface area contributed by atoms with Gasteiger partial charge in [-0.1, -0.05) is 0 Å². The average molecular weight is 276 g/mol. The van der Waals surface area contributed by atoms with Crippen molar-refractivity contribution in [1.82, 2.24) is 4.98 Å². The summed E-state index contributed by atoms with van der Waals surface area (Å²) >= 11 is 0. The lowest BCUT2D eigenvalue weighted by atomic mass is 10.1. The highest BCUT2D eigenvalue weighted by molar-refractivity contribution is 6.07. The van der Waals surface area contributed by atoms with Crippen LogP contribution in [0.15, 0.2) is 36.5 Å². The van der Waals surface area contributed by atoms with E-state index in [4.69, 9.17) is 5.11 Å². The monoisotopic (exact) mass is 276 g/mol. The minimum Gasteiger partial charge on any atom is -0.505 e. The number of carbonyl (C=O) groups excluding carboxylic acids is 1. The molecule has 3 N–H and O–H groups in total. The number of carboxylic acid groups (broad SMARTS) is 1. The molecule has 20 heavy (non-hydrogen) atoms. The summed E-state index contributed by atoms with van der Waals surface area (Å²) in [5.41, 5.74) is -0.740. The van der Waals surface area contributed by atoms with Crippen molar-refractivity contribution in [3.05, 3.63) is 53.6 Å². The largest absolute Gasteiger partial charge is 0.505 e. The van der Waals surface area contributed by atoms with Crippen molar-refractivity contribution in [2.75, 3.05) is 5.32 Å². The molecule has 6 nitrogen and oxygen atoms in total. The molecule has 0 saturated carbocycles. The number of aromatic nitrogens is 1. The number of nitrogens with one attached hydrogen (secondary N) is 1. The maximum atomic E-state index is 13.0. The van der Waals surface area contributed by atoms with Crippen LogP contribution >= 0.6 is 0 Å². The van der Waals surface area contributed by atoms with Crippen molar-refractivity contribution < 1.29 is 24.2 Å². The SMILES string of the molecule is O=C(O)c1cc(F)ccc1NC(=O)c1ncccc1O. The van der Waals surface area contributed by atoms with Gasteiger partial charge in [-0.05, 0) is 30.3 Å². The lowest BCUT2D eigenvalue weighted by Crippen LogP contribution is -2.16. The van der Waals surface area contributed by atoms with Crippen LogP contribution in [0, 0.1) is 5.82 Å². The van der Waals surface area contributed by atoms with Gasteiger partial charge in [0.15, 0.2) is 5.69 Å². The summed E-state index contributed by atoms with van der Waals surface area (Å²) in [6, 6.07) is 5.63. The molecule has 0 aliphatic rings. The van der Waals surface area contributed by atoms with Crippen LogP contribution in [0.3, 0.4) is 0 Å². The number of hydrogen-bond donors (Lipinski definition) is 3. The summed E-state index contributed by atoms with van der Waals surface area (Å²) < 4.78 is 13.0. The Morgan fingerprint density at radius 2 is 2.00 bits per heavy atom. The zero-order valence-electron chi connectivity index (χ0n) is 10.0. The van der Waals surface area contributed by atoms with Crippen LogP contribution in [0.25, 0.3) is 0 Å². The van der Waals surface area contributed by atoms with Gasteiger partial charge in [-0.2, -0.15) is 0 Å². The summed E-state index contributed by atoms with van der Waals surface area (Å²) in [6.07, 6.45) is 1.30. The second-order valence-electron chi connectivity index (χ2n) is 3.82. The van der Waals surface area contributed by atoms with Gasteiger partial charge in [-0.3, -0.25) is 4.79 Å². The number of halogens is 1. The summed E-state index contributed by atoms with van der Waals surface area (Å²) in [7, 11) is 0. The molecule has 2 aromatic rings. The van der Waals surface area contributed by atoms with E-state index in [1.807, 2.05) is 0 Å². The predicted molar refractivity (Wildman–Crippen MR) is 67.2 cm³/mol. The van der Waals surface area contributed by atoms with Crippen molar-refractivity contribution in [3.63, 3.8) is 0 Å². The molecule has 1 heterocycles. The fourth-order valence-corrected chi connectivity index (χ4v) is 1.56. The number of hydrogen-bond acceptors (Lipinski definition) is 4. The lowest BCUT2D eigenvalue weighted by molar-refractivity contribution is 0.0697. The smallest absolute Gasteiger partial charge is 0.337 e. The fourth-order valence-electron chi connectivity index (χ4n) is 1.56. The summed E-state index contributed by atoms with van der Waals surface area (Å²) in [4.78, 5) is 26.5. The quantitative estimate of drug-likeness (QED) is 0.794. The van der Waals surface area contributed by atoms with Gasteiger partial charge in [0.25, 0.3) is 5.91 Å². The highest BCUT2D eigenvalue weighted by Crippen LogP contribution is 2.20. The van der Waals surface area contributed by atoms with Gasteiger partial charge < -0.3 is 15.5 Å². The summed E-state index contributed by atoms with van der Waals surface area (Å²) in [5.74, 6) is -3.26. The van der Waals surface area contributed by atoms with Crippen LogP contribution in [0.5, 0.6) is 5.75 Å². The van der Waals surface area contributed by atoms with Crippen LogP contribution in [0.2, 0.25) is 0 Å². The number of benzene rings is 1. The van der Waals surface area contributed by atoms with E-state index in [0.29, 0.717) is 0 Å². The lowest BCUT2D eigenvalue weighted by Gasteiger charge is -2.08. The minimum atomic E-state index is -1.38. The number of aromatic carboxylic acids is 1. The first-order valence-electron chi connectivity index (χ1n) is 5.47. The van der Waals surface area contributed by atoms with Crippen LogP contribution < -0.4 is 5.32 Å². The summed E-state index contributed by atoms with van der Waals surface area (Å²) in [6.45, 7) is 0. The third-order valence-electron chi connectivity index (χ3n) is 2.46. The standard InChI is InChI=1S/C13H9FN2O4/c14-7-3-4-9(8(6-7)13(19)20)16-12(18)11-10(17)2-1-5-15-11/h1-6,17H,(H,16,18)(H,19,20). The highest BCUT2D eigenvalue weighted by atomic mass is 19.1. The molecule has 0 bridgehead atoms. The Labute approximate surface area is 112 Å². The van der Waals surface area contributed by atoms with Gasteiger partial charge in [0.2, 0.25) is 0 Å². The van der Waals surface area contributed by atoms with Gasteiger partial charge in [0, 0.05) is 6.20 Å². The van der Waals surface area contributed by atoms with Crippen LogP contribution in [-0.2, 0) is 0 Å². The van der Waals surface area contributed by atoms with E-state index in [0.717, 1.165) is 18.2 Å². The topological polar surface area (TPSA) is 99.5 Å². The second-order valence-corrected chi connectivity index (χ2v) is 3.82. The molecule has 102 valence electrons. The molecule has 1 amide bonds. The maximum Gasteiger partial charge on any atom is 0.337 e. The third kappa shape index (κ3) is 2.72. The first-order valence-corrected chi connectivity index (χ1v) is 5.47. The minimum absolute atomic E-state index is 0.0889. The zero-order chi connectivity index (χ0) is 14.7. The third-order valence-corrected chi connectivity index (χ3v) is 2.46. The molecule has 0 radical (unpaired) electrons. The first kappa shape index (κ1) is 13.5. The van der Waals surface area contributed by atoms with Gasteiger partial charge in [-0.25, -0.2) is 14.2 Å². The van der Waals surface area contributed by atoms with Crippen molar-refractivity contribution in [2.24, 2.45) is 0 Å². The van der Waals surface area contributed by atoms with Gasteiger partial charge in [0.1, 0.15) is 11.6 Å². The first-order chi connectivity index (χ1) is 9.49. The molecule has 7 heteroatoms. The predicted octanol–water partition coefficient (Wildman–Crippen LogP) is 1.88. The number of nitrogens with zero attached hydrogens (tertiary/aromatic N) is 1.